The highest BCUT2D eigenvalue weighted by Crippen LogP contribution is 2.29. The predicted octanol–water partition coefficient (Wildman–Crippen LogP) is 5.44. The third kappa shape index (κ3) is 8.00. The van der Waals surface area contributed by atoms with Crippen LogP contribution in [0.15, 0.2) is 36.4 Å². The molecule has 0 saturated carbocycles. The minimum atomic E-state index is -3.62. The van der Waals surface area contributed by atoms with E-state index in [9.17, 15) is 18.0 Å². The Balaban J connectivity index is 2.24. The van der Waals surface area contributed by atoms with Gasteiger partial charge >= 0.3 is 0 Å². The lowest BCUT2D eigenvalue weighted by atomic mass is 10.1. The molecule has 1 unspecified atom stereocenters. The first-order valence-electron chi connectivity index (χ1n) is 11.6. The van der Waals surface area contributed by atoms with Gasteiger partial charge in [-0.2, -0.15) is 0 Å². The number of halogens is 3. The highest BCUT2D eigenvalue weighted by atomic mass is 35.5. The SMILES string of the molecule is CCCNC(=O)C(C)N(Cc1c(Cl)cccc1Cl)C(=O)CCCN(c1cccc(Cl)c1C)S(C)(=O)=O. The molecule has 0 fully saturated rings. The summed E-state index contributed by atoms with van der Waals surface area (Å²) in [6.07, 6.45) is 2.11. The lowest BCUT2D eigenvalue weighted by Crippen LogP contribution is -2.48. The van der Waals surface area contributed by atoms with Crippen molar-refractivity contribution in [3.63, 3.8) is 0 Å². The van der Waals surface area contributed by atoms with Crippen LogP contribution >= 0.6 is 34.8 Å². The summed E-state index contributed by atoms with van der Waals surface area (Å²) in [6.45, 7) is 5.93. The summed E-state index contributed by atoms with van der Waals surface area (Å²) in [6, 6.07) is 9.31. The van der Waals surface area contributed by atoms with Gasteiger partial charge in [0, 0.05) is 46.7 Å². The van der Waals surface area contributed by atoms with Crippen LogP contribution in [-0.4, -0.2) is 50.5 Å². The Morgan fingerprint density at radius 1 is 1.03 bits per heavy atom. The van der Waals surface area contributed by atoms with Gasteiger partial charge in [-0.05, 0) is 56.5 Å². The fraction of sp³-hybridized carbons (Fsp3) is 0.440. The van der Waals surface area contributed by atoms with E-state index < -0.39 is 16.1 Å². The van der Waals surface area contributed by atoms with Crippen LogP contribution in [0.5, 0.6) is 0 Å². The molecule has 0 aliphatic heterocycles. The summed E-state index contributed by atoms with van der Waals surface area (Å²) >= 11 is 18.9. The van der Waals surface area contributed by atoms with Crippen LogP contribution in [-0.2, 0) is 26.2 Å². The van der Waals surface area contributed by atoms with Gasteiger partial charge in [0.25, 0.3) is 0 Å². The standard InChI is InChI=1S/C25H32Cl3N3O4S/c1-5-14-29-25(33)18(3)30(16-19-21(27)10-6-11-22(19)28)24(32)13-8-15-31(36(4,34)35)23-12-7-9-20(26)17(23)2/h6-7,9-12,18H,5,8,13-16H2,1-4H3,(H,29,33). The second kappa shape index (κ2) is 13.5. The Labute approximate surface area is 228 Å². The molecule has 0 saturated heterocycles. The first kappa shape index (κ1) is 30.2. The Bertz CT molecular complexity index is 1170. The van der Waals surface area contributed by atoms with E-state index in [1.165, 1.54) is 9.21 Å². The first-order chi connectivity index (χ1) is 16.9. The third-order valence-electron chi connectivity index (χ3n) is 5.77. The summed E-state index contributed by atoms with van der Waals surface area (Å²) in [5, 5.41) is 4.04. The van der Waals surface area contributed by atoms with Crippen LogP contribution < -0.4 is 9.62 Å². The van der Waals surface area contributed by atoms with E-state index in [0.29, 0.717) is 38.4 Å². The van der Waals surface area contributed by atoms with Gasteiger partial charge < -0.3 is 10.2 Å². The zero-order valence-electron chi connectivity index (χ0n) is 20.9. The summed E-state index contributed by atoms with van der Waals surface area (Å²) in [5.74, 6) is -0.609. The topological polar surface area (TPSA) is 86.8 Å². The van der Waals surface area contributed by atoms with Crippen LogP contribution in [0.4, 0.5) is 5.69 Å². The largest absolute Gasteiger partial charge is 0.354 e. The fourth-order valence-corrected chi connectivity index (χ4v) is 5.38. The number of carbonyl (C=O) groups excluding carboxylic acids is 2. The maximum Gasteiger partial charge on any atom is 0.242 e. The molecule has 7 nitrogen and oxygen atoms in total. The molecule has 1 N–H and O–H groups in total. The van der Waals surface area contributed by atoms with Crippen LogP contribution in [0.3, 0.4) is 0 Å². The highest BCUT2D eigenvalue weighted by Gasteiger charge is 2.28. The number of amides is 2. The van der Waals surface area contributed by atoms with E-state index >= 15 is 0 Å². The van der Waals surface area contributed by atoms with E-state index in [-0.39, 0.29) is 37.7 Å². The van der Waals surface area contributed by atoms with E-state index in [1.807, 2.05) is 6.92 Å². The average molecular weight is 577 g/mol. The number of nitrogens with zero attached hydrogens (tertiary/aromatic N) is 2. The molecule has 2 rings (SSSR count). The zero-order valence-corrected chi connectivity index (χ0v) is 23.9. The molecule has 0 aliphatic rings. The Kier molecular flexibility index (Phi) is 11.3. The Morgan fingerprint density at radius 2 is 1.61 bits per heavy atom. The van der Waals surface area contributed by atoms with E-state index in [4.69, 9.17) is 34.8 Å². The van der Waals surface area contributed by atoms with Gasteiger partial charge in [-0.15, -0.1) is 0 Å². The molecule has 0 spiro atoms. The van der Waals surface area contributed by atoms with Gasteiger partial charge in [-0.1, -0.05) is 53.9 Å². The predicted molar refractivity (Wildman–Crippen MR) is 147 cm³/mol. The molecular weight excluding hydrogens is 545 g/mol. The third-order valence-corrected chi connectivity index (χ3v) is 8.06. The smallest absolute Gasteiger partial charge is 0.242 e. The molecule has 0 radical (unpaired) electrons. The molecule has 2 aromatic rings. The quantitative estimate of drug-likeness (QED) is 0.364. The lowest BCUT2D eigenvalue weighted by Gasteiger charge is -2.30. The number of sulfonamides is 1. The number of carbonyl (C=O) groups is 2. The minimum absolute atomic E-state index is 0.0130. The summed E-state index contributed by atoms with van der Waals surface area (Å²) in [7, 11) is -3.62. The molecule has 0 bridgehead atoms. The van der Waals surface area contributed by atoms with Crippen molar-refractivity contribution in [2.75, 3.05) is 23.7 Å². The number of nitrogens with one attached hydrogen (secondary N) is 1. The van der Waals surface area contributed by atoms with Crippen molar-refractivity contribution < 1.29 is 18.0 Å². The molecule has 0 heterocycles. The maximum absolute atomic E-state index is 13.3. The molecule has 11 heteroatoms. The average Bonchev–Trinajstić information content (AvgIpc) is 2.81. The second-order valence-electron chi connectivity index (χ2n) is 8.51. The van der Waals surface area contributed by atoms with E-state index in [1.54, 1.807) is 50.2 Å². The second-order valence-corrected chi connectivity index (χ2v) is 11.6. The fourth-order valence-electron chi connectivity index (χ4n) is 3.68. The van der Waals surface area contributed by atoms with E-state index in [0.717, 1.165) is 12.7 Å². The zero-order chi connectivity index (χ0) is 27.0. The molecule has 198 valence electrons. The molecule has 36 heavy (non-hydrogen) atoms. The van der Waals surface area contributed by atoms with Gasteiger partial charge in [0.05, 0.1) is 11.9 Å². The normalized spacial score (nSPS) is 12.2. The van der Waals surface area contributed by atoms with Crippen LogP contribution in [0.2, 0.25) is 15.1 Å². The number of hydrogen-bond donors (Lipinski definition) is 1. The van der Waals surface area contributed by atoms with Crippen molar-refractivity contribution in [1.82, 2.24) is 10.2 Å². The van der Waals surface area contributed by atoms with Gasteiger partial charge in [-0.25, -0.2) is 8.42 Å². The Hall–Kier alpha value is -2.00. The first-order valence-corrected chi connectivity index (χ1v) is 14.6. The van der Waals surface area contributed by atoms with Gasteiger partial charge in [-0.3, -0.25) is 13.9 Å². The molecule has 2 aromatic carbocycles. The van der Waals surface area contributed by atoms with Crippen LogP contribution in [0.1, 0.15) is 44.2 Å². The van der Waals surface area contributed by atoms with Crippen molar-refractivity contribution in [3.05, 3.63) is 62.6 Å². The Morgan fingerprint density at radius 3 is 2.19 bits per heavy atom. The van der Waals surface area contributed by atoms with E-state index in [2.05, 4.69) is 5.32 Å². The van der Waals surface area contributed by atoms with Crippen LogP contribution in [0.25, 0.3) is 0 Å². The molecule has 0 aliphatic carbocycles. The summed E-state index contributed by atoms with van der Waals surface area (Å²) < 4.78 is 26.3. The van der Waals surface area contributed by atoms with Crippen molar-refractivity contribution in [3.8, 4) is 0 Å². The number of benzene rings is 2. The van der Waals surface area contributed by atoms with Crippen molar-refractivity contribution >= 4 is 62.3 Å². The monoisotopic (exact) mass is 575 g/mol. The molecule has 0 aromatic heterocycles. The maximum atomic E-state index is 13.3. The lowest BCUT2D eigenvalue weighted by molar-refractivity contribution is -0.140. The van der Waals surface area contributed by atoms with Crippen molar-refractivity contribution in [2.45, 2.75) is 52.6 Å². The molecule has 2 amide bonds. The van der Waals surface area contributed by atoms with Crippen molar-refractivity contribution in [2.24, 2.45) is 0 Å². The number of hydrogen-bond acceptors (Lipinski definition) is 4. The van der Waals surface area contributed by atoms with Crippen LogP contribution in [0, 0.1) is 6.92 Å². The molecule has 1 atom stereocenters. The number of rotatable bonds is 12. The van der Waals surface area contributed by atoms with Gasteiger partial charge in [0.1, 0.15) is 6.04 Å². The summed E-state index contributed by atoms with van der Waals surface area (Å²) in [5.41, 5.74) is 1.63. The highest BCUT2D eigenvalue weighted by molar-refractivity contribution is 7.92. The van der Waals surface area contributed by atoms with Gasteiger partial charge in [0.15, 0.2) is 0 Å². The minimum Gasteiger partial charge on any atom is -0.354 e. The summed E-state index contributed by atoms with van der Waals surface area (Å²) in [4.78, 5) is 27.5. The molecular formula is C25H32Cl3N3O4S. The number of anilines is 1. The van der Waals surface area contributed by atoms with Crippen molar-refractivity contribution in [1.29, 1.82) is 0 Å². The van der Waals surface area contributed by atoms with Gasteiger partial charge in [0.2, 0.25) is 21.8 Å².